The lowest BCUT2D eigenvalue weighted by Crippen LogP contribution is -2.08. The lowest BCUT2D eigenvalue weighted by molar-refractivity contribution is 0.0693. The van der Waals surface area contributed by atoms with Crippen molar-refractivity contribution in [2.24, 2.45) is 0 Å². The SMILES string of the molecule is N#[N+]c1ccccc1.O=C(O)c1cc(OS(=O)(=O)[O-])ccc1O. The summed E-state index contributed by atoms with van der Waals surface area (Å²) < 4.78 is 34.4. The number of carboxylic acid groups (broad SMARTS) is 1. The van der Waals surface area contributed by atoms with Crippen molar-refractivity contribution in [3.63, 3.8) is 0 Å². The third kappa shape index (κ3) is 6.42. The van der Waals surface area contributed by atoms with Crippen LogP contribution in [0.4, 0.5) is 5.69 Å². The molecule has 2 N–H and O–H groups in total. The van der Waals surface area contributed by atoms with Gasteiger partial charge in [-0.1, -0.05) is 18.2 Å². The molecule has 120 valence electrons. The number of carbonyl (C=O) groups is 1. The molecular weight excluding hydrogens is 328 g/mol. The number of aromatic hydroxyl groups is 1. The summed E-state index contributed by atoms with van der Waals surface area (Å²) in [7, 11) is -4.96. The molecule has 0 amide bonds. The molecule has 10 heteroatoms. The Hall–Kier alpha value is -3.16. The molecule has 0 saturated carbocycles. The summed E-state index contributed by atoms with van der Waals surface area (Å²) in [5, 5.41) is 25.7. The van der Waals surface area contributed by atoms with E-state index in [1.54, 1.807) is 12.1 Å². The van der Waals surface area contributed by atoms with Gasteiger partial charge in [-0.15, -0.1) is 0 Å². The average Bonchev–Trinajstić information content (AvgIpc) is 2.49. The van der Waals surface area contributed by atoms with E-state index in [9.17, 15) is 17.8 Å². The van der Waals surface area contributed by atoms with E-state index >= 15 is 0 Å². The van der Waals surface area contributed by atoms with E-state index in [1.165, 1.54) is 0 Å². The van der Waals surface area contributed by atoms with Crippen LogP contribution in [0.1, 0.15) is 10.4 Å². The van der Waals surface area contributed by atoms with E-state index < -0.39 is 33.4 Å². The van der Waals surface area contributed by atoms with Gasteiger partial charge in [-0.2, -0.15) is 0 Å². The fourth-order valence-electron chi connectivity index (χ4n) is 1.35. The Kier molecular flexibility index (Phi) is 6.02. The molecule has 0 bridgehead atoms. The summed E-state index contributed by atoms with van der Waals surface area (Å²) in [4.78, 5) is 13.5. The second kappa shape index (κ2) is 7.74. The molecular formula is C13H10N2O7S. The molecule has 0 spiro atoms. The van der Waals surface area contributed by atoms with Crippen LogP contribution in [0.15, 0.2) is 48.5 Å². The number of phenols is 1. The first-order valence-electron chi connectivity index (χ1n) is 5.84. The molecule has 9 nitrogen and oxygen atoms in total. The summed E-state index contributed by atoms with van der Waals surface area (Å²) in [6.07, 6.45) is 0. The zero-order chi connectivity index (χ0) is 17.5. The highest BCUT2D eigenvalue weighted by Gasteiger charge is 2.11. The molecule has 23 heavy (non-hydrogen) atoms. The number of diazo groups is 1. The lowest BCUT2D eigenvalue weighted by Gasteiger charge is -2.09. The monoisotopic (exact) mass is 338 g/mol. The van der Waals surface area contributed by atoms with Gasteiger partial charge in [0, 0.05) is 18.2 Å². The van der Waals surface area contributed by atoms with Crippen LogP contribution >= 0.6 is 0 Å². The Labute approximate surface area is 131 Å². The van der Waals surface area contributed by atoms with Crippen molar-refractivity contribution in [2.45, 2.75) is 0 Å². The van der Waals surface area contributed by atoms with Crippen molar-refractivity contribution in [2.75, 3.05) is 0 Å². The van der Waals surface area contributed by atoms with E-state index in [0.717, 1.165) is 18.2 Å². The van der Waals surface area contributed by atoms with Crippen LogP contribution in [0.5, 0.6) is 11.5 Å². The van der Waals surface area contributed by atoms with Crippen molar-refractivity contribution in [1.82, 2.24) is 0 Å². The van der Waals surface area contributed by atoms with Gasteiger partial charge in [-0.3, -0.25) is 0 Å². The largest absolute Gasteiger partial charge is 0.716 e. The van der Waals surface area contributed by atoms with E-state index in [4.69, 9.17) is 15.6 Å². The summed E-state index contributed by atoms with van der Waals surface area (Å²) >= 11 is 0. The second-order valence-electron chi connectivity index (χ2n) is 3.91. The van der Waals surface area contributed by atoms with Gasteiger partial charge in [-0.25, -0.2) is 13.2 Å². The number of nitrogens with zero attached hydrogens (tertiary/aromatic N) is 2. The zero-order valence-electron chi connectivity index (χ0n) is 11.4. The molecule has 0 saturated heterocycles. The summed E-state index contributed by atoms with van der Waals surface area (Å²) in [5.74, 6) is -2.50. The van der Waals surface area contributed by atoms with Crippen LogP contribution in [0.25, 0.3) is 4.98 Å². The summed E-state index contributed by atoms with van der Waals surface area (Å²) in [5.41, 5.74) is 0.0312. The predicted molar refractivity (Wildman–Crippen MR) is 76.6 cm³/mol. The average molecular weight is 338 g/mol. The zero-order valence-corrected chi connectivity index (χ0v) is 12.2. The Bertz CT molecular complexity index is 829. The number of benzene rings is 2. The van der Waals surface area contributed by atoms with Gasteiger partial charge < -0.3 is 18.9 Å². The maximum Gasteiger partial charge on any atom is 0.385 e. The lowest BCUT2D eigenvalue weighted by atomic mass is 10.2. The predicted octanol–water partition coefficient (Wildman–Crippen LogP) is 2.10. The highest BCUT2D eigenvalue weighted by atomic mass is 32.3. The first-order valence-corrected chi connectivity index (χ1v) is 7.18. The van der Waals surface area contributed by atoms with E-state index in [0.29, 0.717) is 5.69 Å². The smallest absolute Gasteiger partial charge is 0.385 e. The summed E-state index contributed by atoms with van der Waals surface area (Å²) in [6.45, 7) is 0. The standard InChI is InChI=1S/C7H6O7S.C6H5N2/c8-6-2-1-4(14-15(11,12)13)3-5(6)7(9)10;7-8-6-4-2-1-3-5-6/h1-3,8H,(H,9,10)(H,11,12,13);1-5H/q;+1/p-1. The van der Waals surface area contributed by atoms with Gasteiger partial charge in [0.2, 0.25) is 5.39 Å². The number of rotatable bonds is 3. The first-order chi connectivity index (χ1) is 10.7. The van der Waals surface area contributed by atoms with E-state index in [-0.39, 0.29) is 0 Å². The van der Waals surface area contributed by atoms with Gasteiger partial charge in [0.25, 0.3) is 10.4 Å². The minimum absolute atomic E-state index is 0.472. The number of carboxylic acids is 1. The fourth-order valence-corrected chi connectivity index (χ4v) is 1.69. The third-order valence-corrected chi connectivity index (χ3v) is 2.66. The van der Waals surface area contributed by atoms with Gasteiger partial charge in [-0.05, 0) is 12.1 Å². The molecule has 0 atom stereocenters. The molecule has 0 heterocycles. The summed E-state index contributed by atoms with van der Waals surface area (Å²) in [6, 6.07) is 11.5. The fraction of sp³-hybridized carbons (Fsp3) is 0. The molecule has 0 unspecified atom stereocenters. The van der Waals surface area contributed by atoms with Gasteiger partial charge >= 0.3 is 11.7 Å². The Morgan fingerprint density at radius 2 is 1.78 bits per heavy atom. The number of hydrogen-bond donors (Lipinski definition) is 2. The quantitative estimate of drug-likeness (QED) is 0.490. The van der Waals surface area contributed by atoms with Crippen LogP contribution in [0.2, 0.25) is 0 Å². The molecule has 2 aromatic carbocycles. The first kappa shape index (κ1) is 17.9. The van der Waals surface area contributed by atoms with Crippen molar-refractivity contribution in [3.8, 4) is 11.5 Å². The minimum Gasteiger partial charge on any atom is -0.716 e. The second-order valence-corrected chi connectivity index (χ2v) is 4.89. The number of aromatic carboxylic acids is 1. The number of hydrogen-bond acceptors (Lipinski definition) is 7. The van der Waals surface area contributed by atoms with Crippen LogP contribution in [-0.4, -0.2) is 29.2 Å². The molecule has 0 aromatic heterocycles. The van der Waals surface area contributed by atoms with Crippen molar-refractivity contribution in [1.29, 1.82) is 5.39 Å². The Balaban J connectivity index is 0.000000277. The molecule has 0 fully saturated rings. The molecule has 0 aliphatic rings. The van der Waals surface area contributed by atoms with Crippen molar-refractivity contribution in [3.05, 3.63) is 59.1 Å². The van der Waals surface area contributed by atoms with Crippen LogP contribution in [0.3, 0.4) is 0 Å². The van der Waals surface area contributed by atoms with Crippen LogP contribution in [-0.2, 0) is 10.4 Å². The van der Waals surface area contributed by atoms with Gasteiger partial charge in [0.1, 0.15) is 17.1 Å². The maximum atomic E-state index is 10.5. The van der Waals surface area contributed by atoms with Crippen molar-refractivity contribution < 1.29 is 32.2 Å². The van der Waals surface area contributed by atoms with Gasteiger partial charge in [0.05, 0.1) is 0 Å². The Morgan fingerprint density at radius 1 is 1.17 bits per heavy atom. The molecule has 0 radical (unpaired) electrons. The van der Waals surface area contributed by atoms with Crippen LogP contribution in [0, 0.1) is 5.39 Å². The minimum atomic E-state index is -4.96. The maximum absolute atomic E-state index is 10.5. The molecule has 0 aliphatic carbocycles. The van der Waals surface area contributed by atoms with Crippen LogP contribution < -0.4 is 4.18 Å². The molecule has 0 aliphatic heterocycles. The molecule has 2 aromatic rings. The van der Waals surface area contributed by atoms with Gasteiger partial charge in [0.15, 0.2) is 4.98 Å². The van der Waals surface area contributed by atoms with Crippen molar-refractivity contribution >= 4 is 22.1 Å². The molecule has 2 rings (SSSR count). The van der Waals surface area contributed by atoms with E-state index in [1.807, 2.05) is 18.2 Å². The third-order valence-electron chi connectivity index (χ3n) is 2.27. The Morgan fingerprint density at radius 3 is 2.22 bits per heavy atom. The normalized spacial score (nSPS) is 9.91. The highest BCUT2D eigenvalue weighted by Crippen LogP contribution is 2.23. The highest BCUT2D eigenvalue weighted by molar-refractivity contribution is 7.81. The topological polar surface area (TPSA) is 152 Å². The van der Waals surface area contributed by atoms with E-state index in [2.05, 4.69) is 9.16 Å².